The van der Waals surface area contributed by atoms with E-state index in [2.05, 4.69) is 163 Å². The van der Waals surface area contributed by atoms with Crippen molar-refractivity contribution in [3.05, 3.63) is 163 Å². The molecule has 3 heterocycles. The van der Waals surface area contributed by atoms with Gasteiger partial charge in [-0.2, -0.15) is 0 Å². The van der Waals surface area contributed by atoms with Crippen LogP contribution in [0.5, 0.6) is 0 Å². The van der Waals surface area contributed by atoms with E-state index < -0.39 is 0 Å². The number of fused-ring (bicyclic) bond motifs is 16. The van der Waals surface area contributed by atoms with Crippen molar-refractivity contribution in [2.45, 2.75) is 44.4 Å². The summed E-state index contributed by atoms with van der Waals surface area (Å²) in [7, 11) is 0. The van der Waals surface area contributed by atoms with Crippen LogP contribution in [0, 0.1) is 17.8 Å². The lowest BCUT2D eigenvalue weighted by molar-refractivity contribution is 0.0863. The molecule has 0 radical (unpaired) electrons. The summed E-state index contributed by atoms with van der Waals surface area (Å²) < 4.78 is 3.78. The van der Waals surface area contributed by atoms with Crippen LogP contribution in [-0.4, -0.2) is 14.5 Å². The number of hydrogen-bond donors (Lipinski definition) is 0. The first-order valence-electron chi connectivity index (χ1n) is 21.1. The van der Waals surface area contributed by atoms with E-state index >= 15 is 0 Å². The maximum atomic E-state index is 5.40. The van der Waals surface area contributed by atoms with Crippen molar-refractivity contribution >= 4 is 64.2 Å². The minimum absolute atomic E-state index is 0.0184. The van der Waals surface area contributed by atoms with Crippen LogP contribution in [0.25, 0.3) is 92.3 Å². The van der Waals surface area contributed by atoms with E-state index in [9.17, 15) is 0 Å². The van der Waals surface area contributed by atoms with Crippen molar-refractivity contribution in [2.24, 2.45) is 17.8 Å². The van der Waals surface area contributed by atoms with Crippen LogP contribution in [0.4, 0.5) is 0 Å². The van der Waals surface area contributed by atoms with Crippen LogP contribution in [0.2, 0.25) is 0 Å². The van der Waals surface area contributed by atoms with Gasteiger partial charge in [-0.3, -0.25) is 0 Å². The van der Waals surface area contributed by atoms with Crippen LogP contribution in [-0.2, 0) is 5.41 Å². The normalized spacial score (nSPS) is 21.1. The molecule has 0 amide bonds. The van der Waals surface area contributed by atoms with E-state index in [0.29, 0.717) is 5.92 Å². The molecule has 4 heteroatoms. The Morgan fingerprint density at radius 1 is 0.621 bits per heavy atom. The highest BCUT2D eigenvalue weighted by atomic mass is 32.1. The second-order valence-corrected chi connectivity index (χ2v) is 18.5. The minimum atomic E-state index is 0.0184. The Morgan fingerprint density at radius 2 is 1.41 bits per heavy atom. The molecule has 1 spiro atoms. The Hall–Kier alpha value is -6.10. The van der Waals surface area contributed by atoms with Crippen LogP contribution < -0.4 is 0 Å². The van der Waals surface area contributed by atoms with Crippen molar-refractivity contribution < 1.29 is 0 Å². The van der Waals surface area contributed by atoms with Crippen molar-refractivity contribution in [3.8, 4) is 39.5 Å². The van der Waals surface area contributed by atoms with Crippen molar-refractivity contribution in [1.29, 1.82) is 0 Å². The van der Waals surface area contributed by atoms with Crippen LogP contribution in [0.3, 0.4) is 0 Å². The smallest absolute Gasteiger partial charge is 0.161 e. The molecule has 58 heavy (non-hydrogen) atoms. The van der Waals surface area contributed by atoms with Gasteiger partial charge in [0.25, 0.3) is 0 Å². The maximum Gasteiger partial charge on any atom is 0.161 e. The van der Waals surface area contributed by atoms with E-state index in [1.54, 1.807) is 22.5 Å². The number of thiophene rings is 1. The monoisotopic (exact) mass is 763 g/mol. The Labute approximate surface area is 341 Å². The lowest BCUT2D eigenvalue weighted by Gasteiger charge is -2.51. The third kappa shape index (κ3) is 4.55. The molecule has 2 saturated carbocycles. The lowest BCUT2D eigenvalue weighted by atomic mass is 9.53. The average molecular weight is 764 g/mol. The quantitative estimate of drug-likeness (QED) is 0.179. The van der Waals surface area contributed by atoms with Gasteiger partial charge in [-0.05, 0) is 119 Å². The number of hydrogen-bond acceptors (Lipinski definition) is 3. The highest BCUT2D eigenvalue weighted by Gasteiger charge is 2.54. The number of benzene rings is 7. The molecule has 3 aliphatic carbocycles. The number of rotatable bonds is 3. The second-order valence-electron chi connectivity index (χ2n) is 17.5. The van der Waals surface area contributed by atoms with Crippen molar-refractivity contribution in [2.75, 3.05) is 0 Å². The fourth-order valence-electron chi connectivity index (χ4n) is 12.0. The average Bonchev–Trinajstić information content (AvgIpc) is 3.90. The molecule has 3 aliphatic rings. The predicted molar refractivity (Wildman–Crippen MR) is 243 cm³/mol. The molecule has 2 bridgehead atoms. The standard InChI is InChI=1S/C54H41N3S/c1-32-26-33-24-25-54(38(27-32)28-33)44-20-9-7-18-40(44)41-22-23-45-48(50(41)54)43-30-35-14-5-6-15-36(35)31-46(43)57(45)39-17-11-16-37(29-39)52-55-51(34-12-3-2-4-13-34)49-42-19-8-10-21-47(42)58-53(49)56-52/h2-23,29-33,38H,24-28H2,1H3. The minimum Gasteiger partial charge on any atom is -0.309 e. The number of aromatic nitrogens is 3. The van der Waals surface area contributed by atoms with Crippen LogP contribution >= 0.6 is 11.3 Å². The molecular weight excluding hydrogens is 723 g/mol. The van der Waals surface area contributed by atoms with Gasteiger partial charge in [0.15, 0.2) is 5.82 Å². The summed E-state index contributed by atoms with van der Waals surface area (Å²) in [4.78, 5) is 11.7. The molecule has 278 valence electrons. The molecule has 13 rings (SSSR count). The molecule has 10 aromatic rings. The van der Waals surface area contributed by atoms with Gasteiger partial charge in [-0.15, -0.1) is 11.3 Å². The molecule has 3 aromatic heterocycles. The molecule has 2 fully saturated rings. The van der Waals surface area contributed by atoms with E-state index in [1.807, 2.05) is 0 Å². The number of nitrogens with zero attached hydrogens (tertiary/aromatic N) is 3. The van der Waals surface area contributed by atoms with Crippen LogP contribution in [0.15, 0.2) is 152 Å². The molecule has 3 nitrogen and oxygen atoms in total. The molecule has 7 aromatic carbocycles. The molecule has 0 N–H and O–H groups in total. The van der Waals surface area contributed by atoms with Crippen molar-refractivity contribution in [1.82, 2.24) is 14.5 Å². The summed E-state index contributed by atoms with van der Waals surface area (Å²) in [6.07, 6.45) is 6.57. The van der Waals surface area contributed by atoms with Gasteiger partial charge in [-0.1, -0.05) is 122 Å². The van der Waals surface area contributed by atoms with E-state index in [1.165, 1.54) is 85.9 Å². The van der Waals surface area contributed by atoms with Gasteiger partial charge in [0.05, 0.1) is 16.7 Å². The predicted octanol–water partition coefficient (Wildman–Crippen LogP) is 14.5. The Balaban J connectivity index is 1.08. The molecule has 0 saturated heterocycles. The van der Waals surface area contributed by atoms with Crippen molar-refractivity contribution in [3.63, 3.8) is 0 Å². The summed E-state index contributed by atoms with van der Waals surface area (Å²) in [5.41, 5.74) is 12.8. The summed E-state index contributed by atoms with van der Waals surface area (Å²) >= 11 is 1.75. The van der Waals surface area contributed by atoms with Gasteiger partial charge in [-0.25, -0.2) is 9.97 Å². The van der Waals surface area contributed by atoms with Crippen LogP contribution in [0.1, 0.15) is 50.2 Å². The van der Waals surface area contributed by atoms with Gasteiger partial charge in [0.1, 0.15) is 4.83 Å². The fourth-order valence-corrected chi connectivity index (χ4v) is 13.1. The fraction of sp³-hybridized carbons (Fsp3) is 0.185. The van der Waals surface area contributed by atoms with E-state index in [0.717, 1.165) is 50.4 Å². The zero-order chi connectivity index (χ0) is 38.1. The molecule has 0 aliphatic heterocycles. The first kappa shape index (κ1) is 32.9. The first-order valence-corrected chi connectivity index (χ1v) is 21.9. The third-order valence-electron chi connectivity index (χ3n) is 14.3. The topological polar surface area (TPSA) is 30.7 Å². The summed E-state index contributed by atoms with van der Waals surface area (Å²) in [6, 6.07) is 56.4. The largest absolute Gasteiger partial charge is 0.309 e. The SMILES string of the molecule is CC1CC2CCC3(c4ccccc4-c4ccc5c(c43)c3cc4ccccc4cc3n5-c3cccc(-c4nc(-c5ccccc5)c5c(n4)sc4ccccc45)c3)C(C1)C2. The maximum absolute atomic E-state index is 5.40. The van der Waals surface area contributed by atoms with Gasteiger partial charge >= 0.3 is 0 Å². The van der Waals surface area contributed by atoms with Gasteiger partial charge < -0.3 is 4.57 Å². The Bertz CT molecular complexity index is 3320. The van der Waals surface area contributed by atoms with E-state index in [-0.39, 0.29) is 5.41 Å². The Kier molecular flexibility index (Phi) is 6.93. The third-order valence-corrected chi connectivity index (χ3v) is 15.3. The lowest BCUT2D eigenvalue weighted by Crippen LogP contribution is -2.44. The van der Waals surface area contributed by atoms with Gasteiger partial charge in [0, 0.05) is 48.5 Å². The zero-order valence-corrected chi connectivity index (χ0v) is 33.3. The van der Waals surface area contributed by atoms with Gasteiger partial charge in [0.2, 0.25) is 0 Å². The highest BCUT2D eigenvalue weighted by Crippen LogP contribution is 2.64. The van der Waals surface area contributed by atoms with E-state index in [4.69, 9.17) is 9.97 Å². The summed E-state index contributed by atoms with van der Waals surface area (Å²) in [6.45, 7) is 2.51. The summed E-state index contributed by atoms with van der Waals surface area (Å²) in [5.74, 6) is 3.01. The first-order chi connectivity index (χ1) is 28.6. The second kappa shape index (κ2) is 12.2. The molecule has 4 unspecified atom stereocenters. The zero-order valence-electron chi connectivity index (χ0n) is 32.5. The molecule has 4 atom stereocenters. The highest BCUT2D eigenvalue weighted by molar-refractivity contribution is 7.25. The molecular formula is C54H41N3S. The Morgan fingerprint density at radius 3 is 2.33 bits per heavy atom. The summed E-state index contributed by atoms with van der Waals surface area (Å²) in [5, 5.41) is 7.68.